The topological polar surface area (TPSA) is 55.1 Å². The molecule has 0 saturated heterocycles. The molecule has 12 rings (SSSR count). The first-order valence-corrected chi connectivity index (χ1v) is 21.2. The lowest BCUT2D eigenvalue weighted by Crippen LogP contribution is -2.09. The zero-order valence-electron chi connectivity index (χ0n) is 32.7. The van der Waals surface area contributed by atoms with Gasteiger partial charge in [0.25, 0.3) is 0 Å². The van der Waals surface area contributed by atoms with Gasteiger partial charge < -0.3 is 9.32 Å². The number of hydrogen-bond acceptors (Lipinski definition) is 6. The first-order valence-electron chi connectivity index (χ1n) is 20.3. The summed E-state index contributed by atoms with van der Waals surface area (Å²) in [6.45, 7) is 0. The molecule has 0 bridgehead atoms. The molecular formula is C55H34N4OS. The van der Waals surface area contributed by atoms with Crippen molar-refractivity contribution in [2.45, 2.75) is 0 Å². The van der Waals surface area contributed by atoms with Crippen molar-refractivity contribution >= 4 is 81.3 Å². The monoisotopic (exact) mass is 798 g/mol. The van der Waals surface area contributed by atoms with Crippen LogP contribution in [-0.4, -0.2) is 15.0 Å². The molecule has 12 aromatic rings. The number of para-hydroxylation sites is 1. The molecule has 6 heteroatoms. The third-order valence-electron chi connectivity index (χ3n) is 11.5. The molecule has 0 unspecified atom stereocenters. The Kier molecular flexibility index (Phi) is 8.28. The van der Waals surface area contributed by atoms with Crippen molar-refractivity contribution in [3.8, 4) is 45.3 Å². The number of thiophene rings is 1. The van der Waals surface area contributed by atoms with E-state index in [9.17, 15) is 0 Å². The van der Waals surface area contributed by atoms with Gasteiger partial charge in [-0.2, -0.15) is 0 Å². The summed E-state index contributed by atoms with van der Waals surface area (Å²) in [4.78, 5) is 17.7. The van der Waals surface area contributed by atoms with Crippen LogP contribution >= 0.6 is 11.3 Å². The number of aromatic nitrogens is 3. The van der Waals surface area contributed by atoms with E-state index in [1.807, 2.05) is 72.0 Å². The molecule has 3 aromatic heterocycles. The average Bonchev–Trinajstić information content (AvgIpc) is 3.92. The fourth-order valence-electron chi connectivity index (χ4n) is 8.61. The molecule has 0 amide bonds. The Labute approximate surface area is 355 Å². The van der Waals surface area contributed by atoms with Crippen LogP contribution in [0.15, 0.2) is 211 Å². The lowest BCUT2D eigenvalue weighted by molar-refractivity contribution is 0.673. The standard InChI is InChI=1S/C55H34N4OS/c1-4-15-36(16-5-1)53-56-54(37-17-6-2-7-18-37)58-55(57-53)46-34-39-19-10-11-22-42(39)51-50(46)45-33-38(29-32-48(45)60-51)35-27-30-41(31-28-35)59(40-20-8-3-9-21-40)47-25-14-24-44-43-23-12-13-26-49(43)61-52(44)47/h1-34H. The van der Waals surface area contributed by atoms with Gasteiger partial charge in [0.1, 0.15) is 11.2 Å². The Morgan fingerprint density at radius 1 is 0.410 bits per heavy atom. The van der Waals surface area contributed by atoms with Gasteiger partial charge >= 0.3 is 0 Å². The van der Waals surface area contributed by atoms with Crippen LogP contribution in [0.3, 0.4) is 0 Å². The molecule has 0 N–H and O–H groups in total. The minimum atomic E-state index is 0.593. The lowest BCUT2D eigenvalue weighted by Gasteiger charge is -2.26. The van der Waals surface area contributed by atoms with Crippen LogP contribution in [0.25, 0.3) is 98.2 Å². The Morgan fingerprint density at radius 2 is 1.00 bits per heavy atom. The summed E-state index contributed by atoms with van der Waals surface area (Å²) in [7, 11) is 0. The highest BCUT2D eigenvalue weighted by Crippen LogP contribution is 2.46. The van der Waals surface area contributed by atoms with Gasteiger partial charge in [0.15, 0.2) is 17.5 Å². The zero-order chi connectivity index (χ0) is 40.3. The number of hydrogen-bond donors (Lipinski definition) is 0. The molecule has 9 aromatic carbocycles. The minimum Gasteiger partial charge on any atom is -0.455 e. The minimum absolute atomic E-state index is 0.593. The van der Waals surface area contributed by atoms with Crippen molar-refractivity contribution in [3.05, 3.63) is 206 Å². The van der Waals surface area contributed by atoms with E-state index in [-0.39, 0.29) is 0 Å². The average molecular weight is 799 g/mol. The summed E-state index contributed by atoms with van der Waals surface area (Å²) in [5.41, 5.74) is 9.91. The molecule has 0 fully saturated rings. The highest BCUT2D eigenvalue weighted by molar-refractivity contribution is 7.26. The van der Waals surface area contributed by atoms with Crippen molar-refractivity contribution < 1.29 is 4.42 Å². The fraction of sp³-hybridized carbons (Fsp3) is 0. The van der Waals surface area contributed by atoms with Gasteiger partial charge in [0.05, 0.1) is 10.4 Å². The summed E-state index contributed by atoms with van der Waals surface area (Å²) < 4.78 is 9.33. The normalized spacial score (nSPS) is 11.6. The van der Waals surface area contributed by atoms with E-state index in [0.29, 0.717) is 17.5 Å². The lowest BCUT2D eigenvalue weighted by atomic mass is 9.97. The molecule has 0 aliphatic carbocycles. The van der Waals surface area contributed by atoms with Crippen LogP contribution in [0.5, 0.6) is 0 Å². The van der Waals surface area contributed by atoms with Gasteiger partial charge in [-0.05, 0) is 71.1 Å². The molecule has 61 heavy (non-hydrogen) atoms. The van der Waals surface area contributed by atoms with Crippen molar-refractivity contribution in [1.82, 2.24) is 15.0 Å². The number of fused-ring (bicyclic) bond motifs is 8. The SMILES string of the molecule is c1ccc(-c2nc(-c3ccccc3)nc(-c3cc4ccccc4c4oc5ccc(-c6ccc(N(c7ccccc7)c7cccc8c7sc7ccccc78)cc6)cc5c34)n2)cc1. The predicted octanol–water partition coefficient (Wildman–Crippen LogP) is 15.4. The highest BCUT2D eigenvalue weighted by atomic mass is 32.1. The predicted molar refractivity (Wildman–Crippen MR) is 254 cm³/mol. The molecule has 0 spiro atoms. The van der Waals surface area contributed by atoms with E-state index in [0.717, 1.165) is 77.6 Å². The molecular weight excluding hydrogens is 765 g/mol. The first-order chi connectivity index (χ1) is 30.2. The number of rotatable bonds is 7. The second-order valence-electron chi connectivity index (χ2n) is 15.2. The maximum atomic E-state index is 6.78. The third kappa shape index (κ3) is 6.04. The van der Waals surface area contributed by atoms with Crippen LogP contribution in [-0.2, 0) is 0 Å². The van der Waals surface area contributed by atoms with Gasteiger partial charge in [-0.1, -0.05) is 152 Å². The molecule has 0 aliphatic rings. The Balaban J connectivity index is 1.02. The van der Waals surface area contributed by atoms with Crippen LogP contribution in [0.4, 0.5) is 17.1 Å². The van der Waals surface area contributed by atoms with Crippen LogP contribution in [0, 0.1) is 0 Å². The largest absolute Gasteiger partial charge is 0.455 e. The van der Waals surface area contributed by atoms with Crippen LogP contribution in [0.2, 0.25) is 0 Å². The van der Waals surface area contributed by atoms with Crippen LogP contribution < -0.4 is 4.90 Å². The second-order valence-corrected chi connectivity index (χ2v) is 16.2. The van der Waals surface area contributed by atoms with Crippen molar-refractivity contribution in [2.24, 2.45) is 0 Å². The van der Waals surface area contributed by atoms with Crippen molar-refractivity contribution in [2.75, 3.05) is 4.90 Å². The summed E-state index contributed by atoms with van der Waals surface area (Å²) in [5, 5.41) is 6.63. The van der Waals surface area contributed by atoms with E-state index in [4.69, 9.17) is 19.4 Å². The van der Waals surface area contributed by atoms with Gasteiger partial charge in [-0.15, -0.1) is 11.3 Å². The van der Waals surface area contributed by atoms with Crippen molar-refractivity contribution in [3.63, 3.8) is 0 Å². The molecule has 286 valence electrons. The van der Waals surface area contributed by atoms with E-state index in [1.54, 1.807) is 0 Å². The summed E-state index contributed by atoms with van der Waals surface area (Å²) >= 11 is 1.84. The van der Waals surface area contributed by atoms with E-state index >= 15 is 0 Å². The summed E-state index contributed by atoms with van der Waals surface area (Å²) in [6, 6.07) is 72.1. The molecule has 5 nitrogen and oxygen atoms in total. The van der Waals surface area contributed by atoms with Gasteiger partial charge in [-0.25, -0.2) is 15.0 Å². The van der Waals surface area contributed by atoms with E-state index in [2.05, 4.69) is 150 Å². The van der Waals surface area contributed by atoms with Gasteiger partial charge in [0.2, 0.25) is 0 Å². The summed E-state index contributed by atoms with van der Waals surface area (Å²) in [5.74, 6) is 1.83. The maximum absolute atomic E-state index is 6.78. The Morgan fingerprint density at radius 3 is 1.74 bits per heavy atom. The Hall–Kier alpha value is -7.93. The number of nitrogens with zero attached hydrogens (tertiary/aromatic N) is 4. The number of anilines is 3. The molecule has 0 atom stereocenters. The maximum Gasteiger partial charge on any atom is 0.164 e. The zero-order valence-corrected chi connectivity index (χ0v) is 33.6. The first kappa shape index (κ1) is 35.1. The highest BCUT2D eigenvalue weighted by Gasteiger charge is 2.22. The van der Waals surface area contributed by atoms with Crippen molar-refractivity contribution in [1.29, 1.82) is 0 Å². The smallest absolute Gasteiger partial charge is 0.164 e. The fourth-order valence-corrected chi connectivity index (χ4v) is 9.82. The third-order valence-corrected chi connectivity index (χ3v) is 12.7. The summed E-state index contributed by atoms with van der Waals surface area (Å²) in [6.07, 6.45) is 0. The number of benzene rings is 9. The number of furan rings is 1. The molecule has 0 radical (unpaired) electrons. The second kappa shape index (κ2) is 14.4. The Bertz CT molecular complexity index is 3520. The molecule has 0 aliphatic heterocycles. The van der Waals surface area contributed by atoms with E-state index < -0.39 is 0 Å². The van der Waals surface area contributed by atoms with Gasteiger partial charge in [0, 0.05) is 59.7 Å². The van der Waals surface area contributed by atoms with Gasteiger partial charge in [-0.3, -0.25) is 0 Å². The molecule has 0 saturated carbocycles. The molecule has 3 heterocycles. The van der Waals surface area contributed by atoms with Crippen LogP contribution in [0.1, 0.15) is 0 Å². The quantitative estimate of drug-likeness (QED) is 0.161. The van der Waals surface area contributed by atoms with E-state index in [1.165, 1.54) is 20.2 Å².